The molecule has 1 N–H and O–H groups in total. The SMILES string of the molecule is Cc1ccc(C2=NN(C3=NC(=O)[C@@H](CC(=O)Nc4ccc(F)cc4)S3)[C@H](c3ccccc3)C2)cc1. The van der Waals surface area contributed by atoms with E-state index in [-0.39, 0.29) is 30.1 Å². The molecule has 3 aromatic carbocycles. The van der Waals surface area contributed by atoms with Gasteiger partial charge in [0.25, 0.3) is 5.91 Å². The maximum Gasteiger partial charge on any atom is 0.262 e. The minimum atomic E-state index is -0.638. The lowest BCUT2D eigenvalue weighted by atomic mass is 9.98. The van der Waals surface area contributed by atoms with Gasteiger partial charge in [0, 0.05) is 18.5 Å². The number of anilines is 1. The Morgan fingerprint density at radius 1 is 1.06 bits per heavy atom. The Kier molecular flexibility index (Phi) is 6.46. The molecule has 3 aromatic rings. The van der Waals surface area contributed by atoms with Gasteiger partial charge < -0.3 is 5.32 Å². The number of aryl methyl sites for hydroxylation is 1. The smallest absolute Gasteiger partial charge is 0.262 e. The van der Waals surface area contributed by atoms with Crippen LogP contribution >= 0.6 is 11.8 Å². The zero-order valence-corrected chi connectivity index (χ0v) is 19.8. The largest absolute Gasteiger partial charge is 0.326 e. The van der Waals surface area contributed by atoms with Crippen LogP contribution in [0.4, 0.5) is 10.1 Å². The number of carbonyl (C=O) groups excluding carboxylic acids is 2. The summed E-state index contributed by atoms with van der Waals surface area (Å²) in [4.78, 5) is 29.5. The number of hydrogen-bond acceptors (Lipinski definition) is 5. The number of thioether (sulfide) groups is 1. The molecule has 2 amide bonds. The van der Waals surface area contributed by atoms with Crippen molar-refractivity contribution in [2.75, 3.05) is 5.32 Å². The van der Waals surface area contributed by atoms with E-state index >= 15 is 0 Å². The van der Waals surface area contributed by atoms with Crippen LogP contribution in [0.5, 0.6) is 0 Å². The highest BCUT2D eigenvalue weighted by Gasteiger charge is 2.39. The fourth-order valence-electron chi connectivity index (χ4n) is 4.06. The first-order valence-electron chi connectivity index (χ1n) is 11.3. The minimum Gasteiger partial charge on any atom is -0.326 e. The molecule has 35 heavy (non-hydrogen) atoms. The molecule has 5 rings (SSSR count). The molecule has 2 aliphatic rings. The fourth-order valence-corrected chi connectivity index (χ4v) is 5.12. The van der Waals surface area contributed by atoms with Gasteiger partial charge in [-0.15, -0.1) is 0 Å². The molecule has 0 saturated carbocycles. The number of hydrogen-bond donors (Lipinski definition) is 1. The summed E-state index contributed by atoms with van der Waals surface area (Å²) in [5.74, 6) is -1.07. The maximum atomic E-state index is 13.1. The molecule has 2 atom stereocenters. The van der Waals surface area contributed by atoms with Crippen LogP contribution in [-0.2, 0) is 9.59 Å². The molecule has 0 spiro atoms. The van der Waals surface area contributed by atoms with Crippen LogP contribution in [0.3, 0.4) is 0 Å². The summed E-state index contributed by atoms with van der Waals surface area (Å²) >= 11 is 1.25. The number of aliphatic imine (C=N–C) groups is 1. The van der Waals surface area contributed by atoms with Gasteiger partial charge in [-0.3, -0.25) is 9.59 Å². The van der Waals surface area contributed by atoms with Crippen molar-refractivity contribution in [2.45, 2.75) is 31.1 Å². The molecule has 2 heterocycles. The third-order valence-electron chi connectivity index (χ3n) is 5.90. The van der Waals surface area contributed by atoms with Crippen molar-refractivity contribution < 1.29 is 14.0 Å². The maximum absolute atomic E-state index is 13.1. The van der Waals surface area contributed by atoms with Gasteiger partial charge >= 0.3 is 0 Å². The molecule has 8 heteroatoms. The number of benzene rings is 3. The van der Waals surface area contributed by atoms with Crippen LogP contribution in [-0.4, -0.2) is 33.0 Å². The summed E-state index contributed by atoms with van der Waals surface area (Å²) in [6, 6.07) is 23.6. The van der Waals surface area contributed by atoms with Crippen molar-refractivity contribution in [1.29, 1.82) is 0 Å². The van der Waals surface area contributed by atoms with E-state index in [2.05, 4.69) is 34.6 Å². The molecular weight excluding hydrogens is 463 g/mol. The predicted molar refractivity (Wildman–Crippen MR) is 137 cm³/mol. The van der Waals surface area contributed by atoms with Crippen molar-refractivity contribution in [3.05, 3.63) is 101 Å². The van der Waals surface area contributed by atoms with Crippen LogP contribution in [0.25, 0.3) is 0 Å². The third kappa shape index (κ3) is 5.17. The monoisotopic (exact) mass is 486 g/mol. The summed E-state index contributed by atoms with van der Waals surface area (Å²) in [6.45, 7) is 2.04. The number of amidine groups is 1. The normalized spacial score (nSPS) is 19.5. The standard InChI is InChI=1S/C27H23FN4O2S/c1-17-7-9-18(10-8-17)22-15-23(19-5-3-2-4-6-19)32(31-22)27-30-26(34)24(35-27)16-25(33)29-21-13-11-20(28)12-14-21/h2-14,23-24H,15-16H2,1H3,(H,29,33)/t23-,24+/m0/s1. The van der Waals surface area contributed by atoms with E-state index in [4.69, 9.17) is 5.10 Å². The second-order valence-electron chi connectivity index (χ2n) is 8.49. The lowest BCUT2D eigenvalue weighted by molar-refractivity contribution is -0.121. The van der Waals surface area contributed by atoms with E-state index in [0.717, 1.165) is 16.8 Å². The lowest BCUT2D eigenvalue weighted by Crippen LogP contribution is -2.25. The van der Waals surface area contributed by atoms with Crippen LogP contribution < -0.4 is 5.32 Å². The number of nitrogens with zero attached hydrogens (tertiary/aromatic N) is 3. The second kappa shape index (κ2) is 9.84. The number of rotatable bonds is 5. The van der Waals surface area contributed by atoms with E-state index in [0.29, 0.717) is 17.3 Å². The van der Waals surface area contributed by atoms with Crippen LogP contribution in [0.2, 0.25) is 0 Å². The van der Waals surface area contributed by atoms with Crippen molar-refractivity contribution in [3.63, 3.8) is 0 Å². The molecular formula is C27H23FN4O2S. The van der Waals surface area contributed by atoms with Crippen molar-refractivity contribution in [1.82, 2.24) is 5.01 Å². The first-order valence-corrected chi connectivity index (χ1v) is 12.2. The van der Waals surface area contributed by atoms with Gasteiger partial charge in [0.2, 0.25) is 5.91 Å². The number of carbonyl (C=O) groups is 2. The molecule has 2 aliphatic heterocycles. The molecule has 0 unspecified atom stereocenters. The molecule has 0 aliphatic carbocycles. The summed E-state index contributed by atoms with van der Waals surface area (Å²) < 4.78 is 13.1. The topological polar surface area (TPSA) is 74.1 Å². The van der Waals surface area contributed by atoms with Crippen LogP contribution in [0, 0.1) is 12.7 Å². The second-order valence-corrected chi connectivity index (χ2v) is 9.66. The zero-order valence-electron chi connectivity index (χ0n) is 19.0. The molecule has 0 bridgehead atoms. The van der Waals surface area contributed by atoms with Gasteiger partial charge in [0.1, 0.15) is 11.1 Å². The molecule has 0 aromatic heterocycles. The predicted octanol–water partition coefficient (Wildman–Crippen LogP) is 5.31. The number of hydrazone groups is 1. The first-order chi connectivity index (χ1) is 17.0. The zero-order chi connectivity index (χ0) is 24.4. The van der Waals surface area contributed by atoms with E-state index in [1.54, 1.807) is 0 Å². The summed E-state index contributed by atoms with van der Waals surface area (Å²) in [7, 11) is 0. The molecule has 0 fully saturated rings. The van der Waals surface area contributed by atoms with Crippen molar-refractivity contribution in [3.8, 4) is 0 Å². The first kappa shape index (κ1) is 23.0. The van der Waals surface area contributed by atoms with Gasteiger partial charge in [0.05, 0.1) is 11.8 Å². The molecule has 6 nitrogen and oxygen atoms in total. The summed E-state index contributed by atoms with van der Waals surface area (Å²) in [5.41, 5.74) is 4.68. The van der Waals surface area contributed by atoms with E-state index < -0.39 is 5.25 Å². The number of halogens is 1. The van der Waals surface area contributed by atoms with E-state index in [9.17, 15) is 14.0 Å². The summed E-state index contributed by atoms with van der Waals surface area (Å²) in [6.07, 6.45) is 0.642. The highest BCUT2D eigenvalue weighted by atomic mass is 32.2. The van der Waals surface area contributed by atoms with Crippen molar-refractivity contribution >= 4 is 40.1 Å². The average Bonchev–Trinajstić information content (AvgIpc) is 3.46. The van der Waals surface area contributed by atoms with E-state index in [1.807, 2.05) is 42.3 Å². The highest BCUT2D eigenvalue weighted by molar-refractivity contribution is 8.15. The molecule has 176 valence electrons. The Bertz CT molecular complexity index is 1310. The van der Waals surface area contributed by atoms with Crippen molar-refractivity contribution in [2.24, 2.45) is 10.1 Å². The number of nitrogens with one attached hydrogen (secondary N) is 1. The Labute approximate surface area is 207 Å². The average molecular weight is 487 g/mol. The Hall–Kier alpha value is -3.78. The quantitative estimate of drug-likeness (QED) is 0.530. The van der Waals surface area contributed by atoms with Crippen LogP contribution in [0.1, 0.15) is 35.6 Å². The van der Waals surface area contributed by atoms with Gasteiger partial charge in [-0.1, -0.05) is 71.9 Å². The van der Waals surface area contributed by atoms with Gasteiger partial charge in [-0.25, -0.2) is 9.40 Å². The highest BCUT2D eigenvalue weighted by Crippen LogP contribution is 2.38. The van der Waals surface area contributed by atoms with Gasteiger partial charge in [0.15, 0.2) is 5.17 Å². The Morgan fingerprint density at radius 3 is 2.49 bits per heavy atom. The molecule has 0 saturated heterocycles. The Morgan fingerprint density at radius 2 is 1.77 bits per heavy atom. The van der Waals surface area contributed by atoms with E-state index in [1.165, 1.54) is 41.6 Å². The fraction of sp³-hybridized carbons (Fsp3) is 0.185. The molecule has 0 radical (unpaired) electrons. The lowest BCUT2D eigenvalue weighted by Gasteiger charge is -2.23. The van der Waals surface area contributed by atoms with Gasteiger partial charge in [-0.2, -0.15) is 10.1 Å². The van der Waals surface area contributed by atoms with Gasteiger partial charge in [-0.05, 0) is 42.3 Å². The summed E-state index contributed by atoms with van der Waals surface area (Å²) in [5, 5.41) is 9.23. The van der Waals surface area contributed by atoms with Crippen LogP contribution in [0.15, 0.2) is 89.0 Å². The minimum absolute atomic E-state index is 0.0355. The third-order valence-corrected chi connectivity index (χ3v) is 7.05. The number of amides is 2. The Balaban J connectivity index is 1.33.